The Morgan fingerprint density at radius 3 is 2.29 bits per heavy atom. The zero-order valence-corrected chi connectivity index (χ0v) is 7.29. The molecule has 1 nitrogen and oxygen atoms in total. The smallest absolute Gasteiger partial charge is 0.284 e. The highest BCUT2D eigenvalue weighted by Gasteiger charge is 2.41. The molecular weight excluding hydrogens is 224 g/mol. The fourth-order valence-corrected chi connectivity index (χ4v) is 1.11. The van der Waals surface area contributed by atoms with Gasteiger partial charge in [-0.3, -0.25) is 4.79 Å². The Labute approximate surface area is 81.3 Å². The van der Waals surface area contributed by atoms with Crippen molar-refractivity contribution in [2.75, 3.05) is 0 Å². The number of carbonyl (C=O) groups excluding carboxylic acids is 1. The van der Waals surface area contributed by atoms with Crippen LogP contribution in [0.1, 0.15) is 10.4 Å². The molecule has 0 amide bonds. The van der Waals surface area contributed by atoms with Crippen LogP contribution in [0.2, 0.25) is 5.02 Å². The molecule has 0 aromatic heterocycles. The van der Waals surface area contributed by atoms with E-state index in [4.69, 9.17) is 11.6 Å². The number of carbonyl (C=O) groups is 1. The average molecular weight is 227 g/mol. The monoisotopic (exact) mass is 226 g/mol. The van der Waals surface area contributed by atoms with Gasteiger partial charge in [0.2, 0.25) is 0 Å². The number of hydrogen-bond acceptors (Lipinski definition) is 1. The van der Waals surface area contributed by atoms with Crippen molar-refractivity contribution >= 4 is 17.4 Å². The standard InChI is InChI=1S/C8H3ClF4O/c9-4-2-1-3-5(10)6(4)7(14)8(11,12)13/h1-3H. The zero-order chi connectivity index (χ0) is 10.9. The molecule has 6 heteroatoms. The minimum Gasteiger partial charge on any atom is -0.284 e. The minimum absolute atomic E-state index is 0.549. The summed E-state index contributed by atoms with van der Waals surface area (Å²) in [6, 6.07) is 2.87. The van der Waals surface area contributed by atoms with E-state index in [0.717, 1.165) is 18.2 Å². The Kier molecular flexibility index (Phi) is 2.80. The molecule has 0 saturated heterocycles. The van der Waals surface area contributed by atoms with Crippen LogP contribution in [0.3, 0.4) is 0 Å². The van der Waals surface area contributed by atoms with E-state index in [1.165, 1.54) is 0 Å². The van der Waals surface area contributed by atoms with Crippen LogP contribution < -0.4 is 0 Å². The fourth-order valence-electron chi connectivity index (χ4n) is 0.856. The van der Waals surface area contributed by atoms with Crippen molar-refractivity contribution in [3.8, 4) is 0 Å². The van der Waals surface area contributed by atoms with E-state index in [2.05, 4.69) is 0 Å². The Morgan fingerprint density at radius 1 is 1.29 bits per heavy atom. The molecule has 0 bridgehead atoms. The molecule has 1 aromatic rings. The summed E-state index contributed by atoms with van der Waals surface area (Å²) in [5.74, 6) is -3.56. The van der Waals surface area contributed by atoms with Crippen LogP contribution in [-0.4, -0.2) is 12.0 Å². The largest absolute Gasteiger partial charge is 0.455 e. The molecular formula is C8H3ClF4O. The summed E-state index contributed by atoms with van der Waals surface area (Å²) in [6.45, 7) is 0. The maximum Gasteiger partial charge on any atom is 0.455 e. The molecule has 0 aliphatic carbocycles. The number of halogens is 5. The summed E-state index contributed by atoms with van der Waals surface area (Å²) in [4.78, 5) is 10.7. The lowest BCUT2D eigenvalue weighted by Crippen LogP contribution is -2.24. The second-order valence-corrected chi connectivity index (χ2v) is 2.83. The van der Waals surface area contributed by atoms with Crippen LogP contribution in [-0.2, 0) is 0 Å². The summed E-state index contributed by atoms with van der Waals surface area (Å²) in [6.07, 6.45) is -5.12. The van der Waals surface area contributed by atoms with Crippen LogP contribution in [0.4, 0.5) is 17.6 Å². The summed E-state index contributed by atoms with van der Waals surface area (Å²) in [7, 11) is 0. The van der Waals surface area contributed by atoms with Crippen molar-refractivity contribution < 1.29 is 22.4 Å². The highest BCUT2D eigenvalue weighted by Crippen LogP contribution is 2.27. The first-order valence-electron chi connectivity index (χ1n) is 3.39. The van der Waals surface area contributed by atoms with E-state index in [-0.39, 0.29) is 0 Å². The lowest BCUT2D eigenvalue weighted by molar-refractivity contribution is -0.0887. The lowest BCUT2D eigenvalue weighted by atomic mass is 10.1. The van der Waals surface area contributed by atoms with E-state index in [1.807, 2.05) is 0 Å². The van der Waals surface area contributed by atoms with Crippen LogP contribution in [0.5, 0.6) is 0 Å². The lowest BCUT2D eigenvalue weighted by Gasteiger charge is -2.07. The van der Waals surface area contributed by atoms with Gasteiger partial charge in [0.1, 0.15) is 5.82 Å². The number of ketones is 1. The minimum atomic E-state index is -5.12. The molecule has 0 spiro atoms. The second kappa shape index (κ2) is 3.57. The van der Waals surface area contributed by atoms with Gasteiger partial charge in [0.05, 0.1) is 10.6 Å². The number of Topliss-reactive ketones (excluding diaryl/α,β-unsaturated/α-hetero) is 1. The quantitative estimate of drug-likeness (QED) is 0.531. The van der Waals surface area contributed by atoms with E-state index < -0.39 is 28.4 Å². The third kappa shape index (κ3) is 2.04. The Balaban J connectivity index is 3.26. The van der Waals surface area contributed by atoms with Gasteiger partial charge in [-0.2, -0.15) is 13.2 Å². The van der Waals surface area contributed by atoms with Gasteiger partial charge >= 0.3 is 6.18 Å². The Hall–Kier alpha value is -1.10. The molecule has 0 fully saturated rings. The third-order valence-electron chi connectivity index (χ3n) is 1.45. The summed E-state index contributed by atoms with van der Waals surface area (Å²) in [5.41, 5.74) is -1.14. The molecule has 0 atom stereocenters. The molecule has 0 saturated carbocycles. The maximum atomic E-state index is 12.8. The van der Waals surface area contributed by atoms with Gasteiger partial charge < -0.3 is 0 Å². The van der Waals surface area contributed by atoms with Crippen LogP contribution in [0, 0.1) is 5.82 Å². The van der Waals surface area contributed by atoms with Crippen molar-refractivity contribution in [3.63, 3.8) is 0 Å². The highest BCUT2D eigenvalue weighted by atomic mass is 35.5. The van der Waals surface area contributed by atoms with Gasteiger partial charge in [-0.1, -0.05) is 17.7 Å². The number of hydrogen-bond donors (Lipinski definition) is 0. The average Bonchev–Trinajstić information content (AvgIpc) is 2.01. The maximum absolute atomic E-state index is 12.8. The summed E-state index contributed by atoms with van der Waals surface area (Å²) in [5, 5.41) is -0.549. The molecule has 76 valence electrons. The summed E-state index contributed by atoms with van der Waals surface area (Å²) < 4.78 is 48.6. The first kappa shape index (κ1) is 11.0. The first-order valence-corrected chi connectivity index (χ1v) is 3.77. The number of alkyl halides is 3. The van der Waals surface area contributed by atoms with Crippen molar-refractivity contribution in [2.45, 2.75) is 6.18 Å². The second-order valence-electron chi connectivity index (χ2n) is 2.42. The van der Waals surface area contributed by atoms with Crippen LogP contribution in [0.25, 0.3) is 0 Å². The normalized spacial score (nSPS) is 11.5. The highest BCUT2D eigenvalue weighted by molar-refractivity contribution is 6.34. The predicted molar refractivity (Wildman–Crippen MR) is 41.8 cm³/mol. The first-order chi connectivity index (χ1) is 6.34. The molecule has 0 heterocycles. The molecule has 0 N–H and O–H groups in total. The van der Waals surface area contributed by atoms with Crippen molar-refractivity contribution in [3.05, 3.63) is 34.6 Å². The topological polar surface area (TPSA) is 17.1 Å². The van der Waals surface area contributed by atoms with Gasteiger partial charge in [0.25, 0.3) is 5.78 Å². The molecule has 1 aromatic carbocycles. The molecule has 14 heavy (non-hydrogen) atoms. The molecule has 0 aliphatic heterocycles. The van der Waals surface area contributed by atoms with Crippen LogP contribution in [0.15, 0.2) is 18.2 Å². The van der Waals surface area contributed by atoms with Gasteiger partial charge in [-0.15, -0.1) is 0 Å². The van der Waals surface area contributed by atoms with Crippen LogP contribution >= 0.6 is 11.6 Å². The van der Waals surface area contributed by atoms with Crippen molar-refractivity contribution in [1.29, 1.82) is 0 Å². The molecule has 1 rings (SSSR count). The van der Waals surface area contributed by atoms with Crippen molar-refractivity contribution in [2.24, 2.45) is 0 Å². The fraction of sp³-hybridized carbons (Fsp3) is 0.125. The molecule has 0 aliphatic rings. The van der Waals surface area contributed by atoms with E-state index in [9.17, 15) is 22.4 Å². The SMILES string of the molecule is O=C(c1c(F)cccc1Cl)C(F)(F)F. The number of rotatable bonds is 1. The van der Waals surface area contributed by atoms with Gasteiger partial charge in [-0.05, 0) is 12.1 Å². The Bertz CT molecular complexity index is 352. The number of benzene rings is 1. The molecule has 0 radical (unpaired) electrons. The summed E-state index contributed by atoms with van der Waals surface area (Å²) >= 11 is 5.27. The van der Waals surface area contributed by atoms with E-state index in [0.29, 0.717) is 0 Å². The Morgan fingerprint density at radius 2 is 1.86 bits per heavy atom. The van der Waals surface area contributed by atoms with E-state index in [1.54, 1.807) is 0 Å². The zero-order valence-electron chi connectivity index (χ0n) is 6.53. The third-order valence-corrected chi connectivity index (χ3v) is 1.76. The van der Waals surface area contributed by atoms with Gasteiger partial charge in [-0.25, -0.2) is 4.39 Å². The van der Waals surface area contributed by atoms with Gasteiger partial charge in [0.15, 0.2) is 0 Å². The van der Waals surface area contributed by atoms with Gasteiger partial charge in [0, 0.05) is 0 Å². The van der Waals surface area contributed by atoms with Crippen molar-refractivity contribution in [1.82, 2.24) is 0 Å². The molecule has 0 unspecified atom stereocenters. The predicted octanol–water partition coefficient (Wildman–Crippen LogP) is 3.22. The van der Waals surface area contributed by atoms with E-state index >= 15 is 0 Å².